The second-order valence-corrected chi connectivity index (χ2v) is 9.45. The summed E-state index contributed by atoms with van der Waals surface area (Å²) in [5, 5.41) is 7.00. The zero-order valence-electron chi connectivity index (χ0n) is 11.7. The van der Waals surface area contributed by atoms with Crippen LogP contribution < -0.4 is 10.0 Å². The first-order valence-corrected chi connectivity index (χ1v) is 10.4. The lowest BCUT2D eigenvalue weighted by Crippen LogP contribution is -2.26. The van der Waals surface area contributed by atoms with E-state index in [2.05, 4.69) is 26.0 Å². The smallest absolute Gasteiger partial charge is 0.242 e. The van der Waals surface area contributed by atoms with Crippen LogP contribution in [0.3, 0.4) is 0 Å². The Balaban J connectivity index is 2.07. The Morgan fingerprint density at radius 2 is 2.05 bits per heavy atom. The summed E-state index contributed by atoms with van der Waals surface area (Å²) in [5.41, 5.74) is 0. The molecule has 2 rings (SSSR count). The summed E-state index contributed by atoms with van der Waals surface area (Å²) in [6.07, 6.45) is 0. The van der Waals surface area contributed by atoms with Crippen LogP contribution in [-0.4, -0.2) is 14.5 Å². The fourth-order valence-corrected chi connectivity index (χ4v) is 5.57. The predicted octanol–water partition coefficient (Wildman–Crippen LogP) is 3.55. The van der Waals surface area contributed by atoms with Gasteiger partial charge in [-0.2, -0.15) is 0 Å². The van der Waals surface area contributed by atoms with Crippen molar-refractivity contribution in [1.29, 1.82) is 0 Å². The zero-order valence-corrected chi connectivity index (χ0v) is 15.8. The number of nitrogens with one attached hydrogen (secondary N) is 2. The largest absolute Gasteiger partial charge is 0.310 e. The Morgan fingerprint density at radius 1 is 1.29 bits per heavy atom. The summed E-state index contributed by atoms with van der Waals surface area (Å²) in [6.45, 7) is 4.95. The highest BCUT2D eigenvalue weighted by Gasteiger charge is 2.19. The van der Waals surface area contributed by atoms with Gasteiger partial charge >= 0.3 is 0 Å². The molecule has 0 saturated carbocycles. The van der Waals surface area contributed by atoms with Crippen molar-refractivity contribution in [3.8, 4) is 0 Å². The Morgan fingerprint density at radius 3 is 2.67 bits per heavy atom. The molecule has 0 radical (unpaired) electrons. The molecule has 0 aliphatic rings. The molecule has 0 spiro atoms. The molecule has 2 aromatic rings. The summed E-state index contributed by atoms with van der Waals surface area (Å²) in [5.74, 6) is 0. The van der Waals surface area contributed by atoms with Crippen LogP contribution in [-0.2, 0) is 23.1 Å². The van der Waals surface area contributed by atoms with E-state index in [1.165, 1.54) is 22.7 Å². The molecule has 0 aromatic carbocycles. The number of hydrogen-bond acceptors (Lipinski definition) is 5. The van der Waals surface area contributed by atoms with Crippen molar-refractivity contribution in [2.75, 3.05) is 0 Å². The quantitative estimate of drug-likeness (QED) is 0.736. The average molecular weight is 409 g/mol. The first kappa shape index (κ1) is 17.1. The van der Waals surface area contributed by atoms with Crippen LogP contribution in [0.25, 0.3) is 0 Å². The van der Waals surface area contributed by atoms with E-state index in [0.717, 1.165) is 14.2 Å². The van der Waals surface area contributed by atoms with Gasteiger partial charge in [0.2, 0.25) is 10.0 Å². The highest BCUT2D eigenvalue weighted by atomic mass is 79.9. The maximum absolute atomic E-state index is 12.4. The first-order chi connectivity index (χ1) is 9.88. The summed E-state index contributed by atoms with van der Waals surface area (Å²) in [6, 6.07) is 3.90. The third-order valence-electron chi connectivity index (χ3n) is 2.72. The lowest BCUT2D eigenvalue weighted by atomic mass is 10.4. The van der Waals surface area contributed by atoms with Gasteiger partial charge < -0.3 is 5.32 Å². The lowest BCUT2D eigenvalue weighted by molar-refractivity contribution is 0.572. The molecule has 8 heteroatoms. The summed E-state index contributed by atoms with van der Waals surface area (Å²) in [7, 11) is -3.47. The van der Waals surface area contributed by atoms with Crippen molar-refractivity contribution < 1.29 is 8.42 Å². The van der Waals surface area contributed by atoms with E-state index >= 15 is 0 Å². The second-order valence-electron chi connectivity index (χ2n) is 4.80. The molecule has 0 saturated heterocycles. The summed E-state index contributed by atoms with van der Waals surface area (Å²) < 4.78 is 28.4. The highest BCUT2D eigenvalue weighted by molar-refractivity contribution is 9.10. The summed E-state index contributed by atoms with van der Waals surface area (Å²) in [4.78, 5) is 2.18. The zero-order chi connectivity index (χ0) is 15.5. The Hall–Kier alpha value is -0.250. The highest BCUT2D eigenvalue weighted by Crippen LogP contribution is 2.23. The van der Waals surface area contributed by atoms with Gasteiger partial charge in [-0.1, -0.05) is 13.8 Å². The van der Waals surface area contributed by atoms with E-state index in [4.69, 9.17) is 0 Å². The number of halogens is 1. The molecule has 0 atom stereocenters. The van der Waals surface area contributed by atoms with E-state index in [9.17, 15) is 8.42 Å². The maximum Gasteiger partial charge on any atom is 0.242 e. The third kappa shape index (κ3) is 4.87. The minimum absolute atomic E-state index is 0.311. The molecule has 0 amide bonds. The van der Waals surface area contributed by atoms with E-state index in [1.54, 1.807) is 6.07 Å². The molecule has 21 heavy (non-hydrogen) atoms. The Kier molecular flexibility index (Phi) is 5.98. The lowest BCUT2D eigenvalue weighted by Gasteiger charge is -2.10. The maximum atomic E-state index is 12.4. The van der Waals surface area contributed by atoms with Gasteiger partial charge in [0.25, 0.3) is 0 Å². The number of rotatable bonds is 7. The van der Waals surface area contributed by atoms with Crippen molar-refractivity contribution in [3.63, 3.8) is 0 Å². The predicted molar refractivity (Wildman–Crippen MR) is 92.3 cm³/mol. The van der Waals surface area contributed by atoms with Gasteiger partial charge in [-0.05, 0) is 33.4 Å². The van der Waals surface area contributed by atoms with Gasteiger partial charge in [0.05, 0.1) is 4.90 Å². The number of sulfonamides is 1. The molecule has 116 valence electrons. The first-order valence-electron chi connectivity index (χ1n) is 6.41. The van der Waals surface area contributed by atoms with Crippen molar-refractivity contribution in [2.24, 2.45) is 0 Å². The topological polar surface area (TPSA) is 58.2 Å². The molecule has 0 fully saturated rings. The van der Waals surface area contributed by atoms with Crippen LogP contribution in [0.15, 0.2) is 32.3 Å². The molecule has 2 N–H and O–H groups in total. The number of thiophene rings is 2. The van der Waals surface area contributed by atoms with Gasteiger partial charge in [-0.3, -0.25) is 0 Å². The third-order valence-corrected chi connectivity index (χ3v) is 6.96. The van der Waals surface area contributed by atoms with Gasteiger partial charge in [-0.25, -0.2) is 13.1 Å². The molecule has 0 aliphatic carbocycles. The molecule has 0 aliphatic heterocycles. The fraction of sp³-hybridized carbons (Fsp3) is 0.385. The van der Waals surface area contributed by atoms with Gasteiger partial charge in [0, 0.05) is 38.7 Å². The van der Waals surface area contributed by atoms with Crippen LogP contribution in [0, 0.1) is 0 Å². The minimum atomic E-state index is -3.47. The molecule has 2 heterocycles. The van der Waals surface area contributed by atoms with Crippen molar-refractivity contribution >= 4 is 48.6 Å². The molecule has 2 aromatic heterocycles. The van der Waals surface area contributed by atoms with Crippen LogP contribution >= 0.6 is 38.6 Å². The van der Waals surface area contributed by atoms with Gasteiger partial charge in [-0.15, -0.1) is 22.7 Å². The van der Waals surface area contributed by atoms with Crippen molar-refractivity contribution in [2.45, 2.75) is 37.9 Å². The average Bonchev–Trinajstić information content (AvgIpc) is 3.03. The number of hydrogen-bond donors (Lipinski definition) is 2. The van der Waals surface area contributed by atoms with Crippen LogP contribution in [0.2, 0.25) is 0 Å². The van der Waals surface area contributed by atoms with Crippen molar-refractivity contribution in [3.05, 3.63) is 37.1 Å². The van der Waals surface area contributed by atoms with E-state index in [-0.39, 0.29) is 0 Å². The van der Waals surface area contributed by atoms with E-state index in [0.29, 0.717) is 24.0 Å². The second kappa shape index (κ2) is 7.34. The van der Waals surface area contributed by atoms with Gasteiger partial charge in [0.15, 0.2) is 0 Å². The molecule has 0 unspecified atom stereocenters. The molecular weight excluding hydrogens is 392 g/mol. The molecule has 0 bridgehead atoms. The normalized spacial score (nSPS) is 12.2. The standard InChI is InChI=1S/C13H17BrN2O2S3/c1-9(2)15-7-12-13(3-4-19-12)21(17,18)16-6-11-5-10(14)8-20-11/h3-5,8-9,15-16H,6-7H2,1-2H3. The van der Waals surface area contributed by atoms with Crippen LogP contribution in [0.1, 0.15) is 23.6 Å². The fourth-order valence-electron chi connectivity index (χ4n) is 1.68. The Labute approximate surface area is 141 Å². The van der Waals surface area contributed by atoms with Crippen LogP contribution in [0.5, 0.6) is 0 Å². The van der Waals surface area contributed by atoms with Crippen LogP contribution in [0.4, 0.5) is 0 Å². The van der Waals surface area contributed by atoms with Gasteiger partial charge in [0.1, 0.15) is 0 Å². The van der Waals surface area contributed by atoms with E-state index in [1.807, 2.05) is 30.7 Å². The summed E-state index contributed by atoms with van der Waals surface area (Å²) >= 11 is 6.34. The minimum Gasteiger partial charge on any atom is -0.310 e. The SMILES string of the molecule is CC(C)NCc1sccc1S(=O)(=O)NCc1cc(Br)cs1. The monoisotopic (exact) mass is 408 g/mol. The molecule has 4 nitrogen and oxygen atoms in total. The van der Waals surface area contributed by atoms with E-state index < -0.39 is 10.0 Å². The molecular formula is C13H17BrN2O2S3. The van der Waals surface area contributed by atoms with Crippen molar-refractivity contribution in [1.82, 2.24) is 10.0 Å². The Bertz CT molecular complexity index is 692.